The average molecular weight is 328 g/mol. The smallest absolute Gasteiger partial charge is 0.250 e. The van der Waals surface area contributed by atoms with Crippen molar-refractivity contribution in [2.24, 2.45) is 0 Å². The van der Waals surface area contributed by atoms with Gasteiger partial charge >= 0.3 is 0 Å². The zero-order valence-electron chi connectivity index (χ0n) is 13.4. The highest BCUT2D eigenvalue weighted by molar-refractivity contribution is 7.80. The lowest BCUT2D eigenvalue weighted by Crippen LogP contribution is -2.48. The van der Waals surface area contributed by atoms with Crippen molar-refractivity contribution in [3.63, 3.8) is 0 Å². The molecule has 0 aromatic heterocycles. The van der Waals surface area contributed by atoms with Crippen LogP contribution in [0.5, 0.6) is 0 Å². The van der Waals surface area contributed by atoms with Gasteiger partial charge in [0.05, 0.1) is 0 Å². The second kappa shape index (κ2) is 9.26. The molecular formula is C19H24N2OS. The Morgan fingerprint density at radius 2 is 1.96 bits per heavy atom. The van der Waals surface area contributed by atoms with Crippen molar-refractivity contribution in [3.8, 4) is 0 Å². The Bertz CT molecular complexity index is 562. The van der Waals surface area contributed by atoms with E-state index in [-0.39, 0.29) is 5.91 Å². The molecule has 1 aliphatic carbocycles. The van der Waals surface area contributed by atoms with Gasteiger partial charge in [-0.3, -0.25) is 10.1 Å². The first-order valence-electron chi connectivity index (χ1n) is 8.16. The van der Waals surface area contributed by atoms with Gasteiger partial charge in [-0.1, -0.05) is 55.7 Å². The van der Waals surface area contributed by atoms with Gasteiger partial charge in [0, 0.05) is 18.7 Å². The highest BCUT2D eigenvalue weighted by atomic mass is 32.1. The van der Waals surface area contributed by atoms with Gasteiger partial charge in [0.15, 0.2) is 5.11 Å². The summed E-state index contributed by atoms with van der Waals surface area (Å²) in [6.07, 6.45) is 11.1. The van der Waals surface area contributed by atoms with Crippen LogP contribution in [0, 0.1) is 0 Å². The van der Waals surface area contributed by atoms with E-state index in [9.17, 15) is 4.79 Å². The van der Waals surface area contributed by atoms with E-state index in [0.29, 0.717) is 17.7 Å². The number of nitrogens with one attached hydrogen (secondary N) is 1. The van der Waals surface area contributed by atoms with Gasteiger partial charge in [0.25, 0.3) is 0 Å². The topological polar surface area (TPSA) is 32.3 Å². The molecule has 0 unspecified atom stereocenters. The van der Waals surface area contributed by atoms with Crippen molar-refractivity contribution >= 4 is 29.3 Å². The van der Waals surface area contributed by atoms with Crippen LogP contribution in [-0.2, 0) is 4.79 Å². The minimum absolute atomic E-state index is 0.191. The monoisotopic (exact) mass is 328 g/mol. The largest absolute Gasteiger partial charge is 0.342 e. The number of hydrogen-bond donors (Lipinski definition) is 1. The number of thiocarbonyl (C=S) groups is 1. The molecule has 1 N–H and O–H groups in total. The van der Waals surface area contributed by atoms with Crippen LogP contribution in [0.3, 0.4) is 0 Å². The lowest BCUT2D eigenvalue weighted by atomic mass is 9.94. The SMILES string of the molecule is C=CCN(C(=S)NC(=O)C=Cc1ccccc1)C1CCCCC1. The summed E-state index contributed by atoms with van der Waals surface area (Å²) >= 11 is 5.44. The maximum atomic E-state index is 12.1. The summed E-state index contributed by atoms with van der Waals surface area (Å²) in [5.41, 5.74) is 0.990. The van der Waals surface area contributed by atoms with Crippen molar-refractivity contribution < 1.29 is 4.79 Å². The number of amides is 1. The molecule has 0 radical (unpaired) electrons. The molecule has 1 amide bonds. The van der Waals surface area contributed by atoms with Crippen LogP contribution in [0.1, 0.15) is 37.7 Å². The summed E-state index contributed by atoms with van der Waals surface area (Å²) in [7, 11) is 0. The number of nitrogens with zero attached hydrogens (tertiary/aromatic N) is 1. The Morgan fingerprint density at radius 3 is 2.61 bits per heavy atom. The third-order valence-electron chi connectivity index (χ3n) is 4.06. The fourth-order valence-electron chi connectivity index (χ4n) is 2.88. The molecule has 23 heavy (non-hydrogen) atoms. The number of rotatable bonds is 5. The molecule has 0 aliphatic heterocycles. The van der Waals surface area contributed by atoms with E-state index in [1.54, 1.807) is 6.08 Å². The number of carbonyl (C=O) groups is 1. The van der Waals surface area contributed by atoms with E-state index in [0.717, 1.165) is 18.4 Å². The standard InChI is InChI=1S/C19H24N2OS/c1-2-15-21(17-11-7-4-8-12-17)19(23)20-18(22)14-13-16-9-5-3-6-10-16/h2-3,5-6,9-10,13-14,17H,1,4,7-8,11-12,15H2,(H,20,22,23). The first kappa shape index (κ1) is 17.4. The van der Waals surface area contributed by atoms with Gasteiger partial charge < -0.3 is 4.90 Å². The summed E-state index contributed by atoms with van der Waals surface area (Å²) in [6.45, 7) is 4.48. The lowest BCUT2D eigenvalue weighted by Gasteiger charge is -2.35. The molecule has 1 aromatic carbocycles. The highest BCUT2D eigenvalue weighted by Gasteiger charge is 2.22. The molecule has 0 spiro atoms. The molecule has 0 bridgehead atoms. The fourth-order valence-corrected chi connectivity index (χ4v) is 3.21. The quantitative estimate of drug-likeness (QED) is 0.505. The Balaban J connectivity index is 1.93. The summed E-state index contributed by atoms with van der Waals surface area (Å²) < 4.78 is 0. The number of carbonyl (C=O) groups excluding carboxylic acids is 1. The van der Waals surface area contributed by atoms with Crippen LogP contribution in [0.25, 0.3) is 6.08 Å². The van der Waals surface area contributed by atoms with Crippen LogP contribution in [-0.4, -0.2) is 28.5 Å². The van der Waals surface area contributed by atoms with Crippen molar-refractivity contribution in [2.75, 3.05) is 6.54 Å². The predicted octanol–water partition coefficient (Wildman–Crippen LogP) is 3.92. The number of benzene rings is 1. The van der Waals surface area contributed by atoms with Crippen LogP contribution in [0.4, 0.5) is 0 Å². The summed E-state index contributed by atoms with van der Waals surface area (Å²) in [6, 6.07) is 10.1. The Kier molecular flexibility index (Phi) is 7.01. The lowest BCUT2D eigenvalue weighted by molar-refractivity contribution is -0.115. The molecule has 122 valence electrons. The maximum Gasteiger partial charge on any atom is 0.250 e. The summed E-state index contributed by atoms with van der Waals surface area (Å²) in [5.74, 6) is -0.191. The third kappa shape index (κ3) is 5.64. The molecule has 2 rings (SSSR count). The first-order chi connectivity index (χ1) is 11.2. The Morgan fingerprint density at radius 1 is 1.26 bits per heavy atom. The van der Waals surface area contributed by atoms with E-state index >= 15 is 0 Å². The van der Waals surface area contributed by atoms with Crippen LogP contribution in [0.2, 0.25) is 0 Å². The fraction of sp³-hybridized carbons (Fsp3) is 0.368. The van der Waals surface area contributed by atoms with Crippen LogP contribution >= 0.6 is 12.2 Å². The Hall–Kier alpha value is -1.94. The van der Waals surface area contributed by atoms with Crippen molar-refractivity contribution in [1.29, 1.82) is 0 Å². The van der Waals surface area contributed by atoms with Crippen molar-refractivity contribution in [3.05, 3.63) is 54.6 Å². The zero-order chi connectivity index (χ0) is 16.5. The van der Waals surface area contributed by atoms with E-state index in [1.165, 1.54) is 25.3 Å². The highest BCUT2D eigenvalue weighted by Crippen LogP contribution is 2.22. The predicted molar refractivity (Wildman–Crippen MR) is 100.0 cm³/mol. The minimum Gasteiger partial charge on any atom is -0.342 e. The molecule has 0 saturated heterocycles. The van der Waals surface area contributed by atoms with E-state index in [2.05, 4.69) is 16.8 Å². The molecular weight excluding hydrogens is 304 g/mol. The summed E-state index contributed by atoms with van der Waals surface area (Å²) in [4.78, 5) is 14.2. The number of hydrogen-bond acceptors (Lipinski definition) is 2. The van der Waals surface area contributed by atoms with Gasteiger partial charge in [-0.05, 0) is 36.7 Å². The molecule has 1 aromatic rings. The molecule has 0 heterocycles. The minimum atomic E-state index is -0.191. The summed E-state index contributed by atoms with van der Waals surface area (Å²) in [5, 5.41) is 3.32. The molecule has 1 fully saturated rings. The molecule has 0 atom stereocenters. The van der Waals surface area contributed by atoms with E-state index in [4.69, 9.17) is 12.2 Å². The average Bonchev–Trinajstić information content (AvgIpc) is 2.59. The Labute approximate surface area is 144 Å². The second-order valence-electron chi connectivity index (χ2n) is 5.77. The van der Waals surface area contributed by atoms with Crippen molar-refractivity contribution in [2.45, 2.75) is 38.1 Å². The van der Waals surface area contributed by atoms with Gasteiger partial charge in [0.2, 0.25) is 5.91 Å². The molecule has 4 heteroatoms. The van der Waals surface area contributed by atoms with E-state index < -0.39 is 0 Å². The van der Waals surface area contributed by atoms with Crippen molar-refractivity contribution in [1.82, 2.24) is 10.2 Å². The van der Waals surface area contributed by atoms with Gasteiger partial charge in [0.1, 0.15) is 0 Å². The molecule has 1 aliphatic rings. The van der Waals surface area contributed by atoms with E-state index in [1.807, 2.05) is 36.4 Å². The van der Waals surface area contributed by atoms with Gasteiger partial charge in [-0.2, -0.15) is 0 Å². The van der Waals surface area contributed by atoms with Gasteiger partial charge in [-0.15, -0.1) is 6.58 Å². The molecule has 3 nitrogen and oxygen atoms in total. The zero-order valence-corrected chi connectivity index (χ0v) is 14.2. The normalized spacial score (nSPS) is 15.3. The molecule has 1 saturated carbocycles. The van der Waals surface area contributed by atoms with Gasteiger partial charge in [-0.25, -0.2) is 0 Å². The third-order valence-corrected chi connectivity index (χ3v) is 4.40. The first-order valence-corrected chi connectivity index (χ1v) is 8.57. The maximum absolute atomic E-state index is 12.1. The second-order valence-corrected chi connectivity index (χ2v) is 6.16. The van der Waals surface area contributed by atoms with Crippen LogP contribution in [0.15, 0.2) is 49.1 Å². The van der Waals surface area contributed by atoms with Crippen LogP contribution < -0.4 is 5.32 Å².